The lowest BCUT2D eigenvalue weighted by atomic mass is 10.2. The zero-order valence-corrected chi connectivity index (χ0v) is 11.1. The van der Waals surface area contributed by atoms with Crippen LogP contribution in [-0.2, 0) is 6.54 Å². The number of hydrogen-bond donors (Lipinski definition) is 2. The SMILES string of the molecule is C=CSC(=C)Cn1ccc2c1N=C(N)N/C2=C\C. The smallest absolute Gasteiger partial charge is 0.199 e. The van der Waals surface area contributed by atoms with Crippen molar-refractivity contribution in [3.63, 3.8) is 0 Å². The van der Waals surface area contributed by atoms with E-state index in [0.29, 0.717) is 12.5 Å². The fourth-order valence-corrected chi connectivity index (χ4v) is 2.30. The molecular formula is C13H16N4S. The van der Waals surface area contributed by atoms with E-state index < -0.39 is 0 Å². The molecule has 1 aliphatic heterocycles. The van der Waals surface area contributed by atoms with Crippen molar-refractivity contribution in [1.29, 1.82) is 0 Å². The van der Waals surface area contributed by atoms with Crippen LogP contribution >= 0.6 is 11.8 Å². The predicted octanol–water partition coefficient (Wildman–Crippen LogP) is 2.79. The summed E-state index contributed by atoms with van der Waals surface area (Å²) in [6.07, 6.45) is 3.98. The normalized spacial score (nSPS) is 15.8. The number of nitrogens with two attached hydrogens (primary N) is 1. The Morgan fingerprint density at radius 2 is 2.44 bits per heavy atom. The summed E-state index contributed by atoms with van der Waals surface area (Å²) in [5.74, 6) is 1.28. The van der Waals surface area contributed by atoms with Gasteiger partial charge in [-0.1, -0.05) is 19.2 Å². The first kappa shape index (κ1) is 12.6. The molecule has 2 heterocycles. The summed E-state index contributed by atoms with van der Waals surface area (Å²) in [4.78, 5) is 5.36. The first-order chi connectivity index (χ1) is 8.65. The van der Waals surface area contributed by atoms with Gasteiger partial charge in [0.15, 0.2) is 5.96 Å². The molecule has 4 nitrogen and oxygen atoms in total. The quantitative estimate of drug-likeness (QED) is 0.875. The third-order valence-corrected chi connectivity index (χ3v) is 3.23. The van der Waals surface area contributed by atoms with Gasteiger partial charge in [-0.2, -0.15) is 4.99 Å². The fraction of sp³-hybridized carbons (Fsp3) is 0.154. The van der Waals surface area contributed by atoms with Gasteiger partial charge >= 0.3 is 0 Å². The number of aromatic nitrogens is 1. The number of allylic oxidation sites excluding steroid dienone is 2. The highest BCUT2D eigenvalue weighted by atomic mass is 32.2. The number of nitrogens with one attached hydrogen (secondary N) is 1. The number of aliphatic imine (C=N–C) groups is 1. The minimum absolute atomic E-state index is 0.414. The number of nitrogens with zero attached hydrogens (tertiary/aromatic N) is 2. The van der Waals surface area contributed by atoms with Crippen LogP contribution in [0.5, 0.6) is 0 Å². The fourth-order valence-electron chi connectivity index (χ4n) is 1.85. The molecule has 1 aliphatic rings. The van der Waals surface area contributed by atoms with Crippen molar-refractivity contribution in [2.75, 3.05) is 0 Å². The molecule has 0 aromatic carbocycles. The van der Waals surface area contributed by atoms with Crippen molar-refractivity contribution >= 4 is 29.2 Å². The van der Waals surface area contributed by atoms with Crippen molar-refractivity contribution < 1.29 is 0 Å². The van der Waals surface area contributed by atoms with Crippen LogP contribution < -0.4 is 11.1 Å². The molecule has 0 amide bonds. The van der Waals surface area contributed by atoms with Crippen LogP contribution in [0.15, 0.2) is 46.8 Å². The lowest BCUT2D eigenvalue weighted by Gasteiger charge is -2.17. The van der Waals surface area contributed by atoms with Crippen LogP contribution in [0.1, 0.15) is 12.5 Å². The molecule has 0 saturated carbocycles. The first-order valence-electron chi connectivity index (χ1n) is 5.58. The number of hydrogen-bond acceptors (Lipinski definition) is 4. The predicted molar refractivity (Wildman–Crippen MR) is 79.4 cm³/mol. The van der Waals surface area contributed by atoms with E-state index in [2.05, 4.69) is 23.5 Å². The van der Waals surface area contributed by atoms with E-state index in [1.807, 2.05) is 29.8 Å². The maximum atomic E-state index is 5.77. The highest BCUT2D eigenvalue weighted by Crippen LogP contribution is 2.31. The maximum Gasteiger partial charge on any atom is 0.199 e. The minimum Gasteiger partial charge on any atom is -0.369 e. The molecule has 18 heavy (non-hydrogen) atoms. The van der Waals surface area contributed by atoms with E-state index in [4.69, 9.17) is 5.73 Å². The molecule has 0 atom stereocenters. The summed E-state index contributed by atoms with van der Waals surface area (Å²) in [6.45, 7) is 10.3. The Hall–Kier alpha value is -1.88. The minimum atomic E-state index is 0.414. The van der Waals surface area contributed by atoms with Crippen molar-refractivity contribution in [3.8, 4) is 0 Å². The molecule has 3 N–H and O–H groups in total. The molecule has 0 bridgehead atoms. The maximum absolute atomic E-state index is 5.77. The molecular weight excluding hydrogens is 244 g/mol. The molecule has 1 aromatic rings. The zero-order chi connectivity index (χ0) is 13.1. The van der Waals surface area contributed by atoms with Gasteiger partial charge in [-0.05, 0) is 18.4 Å². The average molecular weight is 260 g/mol. The monoisotopic (exact) mass is 260 g/mol. The Morgan fingerprint density at radius 1 is 1.67 bits per heavy atom. The van der Waals surface area contributed by atoms with Gasteiger partial charge in [0.05, 0.1) is 6.54 Å². The Bertz CT molecular complexity index is 551. The molecule has 0 saturated heterocycles. The highest BCUT2D eigenvalue weighted by Gasteiger charge is 2.18. The molecule has 0 fully saturated rings. The van der Waals surface area contributed by atoms with Crippen LogP contribution in [0, 0.1) is 0 Å². The third kappa shape index (κ3) is 2.36. The third-order valence-electron chi connectivity index (χ3n) is 2.60. The molecule has 94 valence electrons. The number of fused-ring (bicyclic) bond motifs is 1. The summed E-state index contributed by atoms with van der Waals surface area (Å²) in [7, 11) is 0. The van der Waals surface area contributed by atoms with E-state index in [1.165, 1.54) is 11.8 Å². The van der Waals surface area contributed by atoms with Gasteiger partial charge in [-0.3, -0.25) is 0 Å². The van der Waals surface area contributed by atoms with Gasteiger partial charge < -0.3 is 15.6 Å². The highest BCUT2D eigenvalue weighted by molar-refractivity contribution is 8.05. The van der Waals surface area contributed by atoms with Crippen molar-refractivity contribution in [3.05, 3.63) is 47.4 Å². The van der Waals surface area contributed by atoms with E-state index in [0.717, 1.165) is 22.0 Å². The molecule has 2 rings (SSSR count). The van der Waals surface area contributed by atoms with Gasteiger partial charge in [0.2, 0.25) is 0 Å². The van der Waals surface area contributed by atoms with Gasteiger partial charge in [0.1, 0.15) is 5.82 Å². The van der Waals surface area contributed by atoms with Crippen LogP contribution in [0.2, 0.25) is 0 Å². The van der Waals surface area contributed by atoms with Crippen molar-refractivity contribution in [1.82, 2.24) is 9.88 Å². The number of rotatable bonds is 4. The van der Waals surface area contributed by atoms with Crippen LogP contribution in [-0.4, -0.2) is 10.5 Å². The lowest BCUT2D eigenvalue weighted by Crippen LogP contribution is -2.32. The Balaban J connectivity index is 2.34. The summed E-state index contributed by atoms with van der Waals surface area (Å²) < 4.78 is 2.03. The van der Waals surface area contributed by atoms with Gasteiger partial charge in [-0.15, -0.1) is 11.8 Å². The van der Waals surface area contributed by atoms with Crippen molar-refractivity contribution in [2.45, 2.75) is 13.5 Å². The van der Waals surface area contributed by atoms with Crippen molar-refractivity contribution in [2.24, 2.45) is 10.7 Å². The molecule has 1 aromatic heterocycles. The Morgan fingerprint density at radius 3 is 3.11 bits per heavy atom. The summed E-state index contributed by atoms with van der Waals surface area (Å²) in [5, 5.41) is 4.82. The number of thioether (sulfide) groups is 1. The van der Waals surface area contributed by atoms with Crippen LogP contribution in [0.4, 0.5) is 5.82 Å². The summed E-state index contributed by atoms with van der Waals surface area (Å²) >= 11 is 1.53. The second kappa shape index (κ2) is 5.18. The second-order valence-corrected chi connectivity index (χ2v) is 4.97. The molecule has 0 unspecified atom stereocenters. The topological polar surface area (TPSA) is 55.3 Å². The number of guanidine groups is 1. The molecule has 0 spiro atoms. The van der Waals surface area contributed by atoms with Crippen LogP contribution in [0.3, 0.4) is 0 Å². The van der Waals surface area contributed by atoms with Gasteiger partial charge in [0, 0.05) is 22.4 Å². The largest absolute Gasteiger partial charge is 0.369 e. The van der Waals surface area contributed by atoms with E-state index >= 15 is 0 Å². The van der Waals surface area contributed by atoms with Crippen LogP contribution in [0.25, 0.3) is 5.70 Å². The zero-order valence-electron chi connectivity index (χ0n) is 10.3. The van der Waals surface area contributed by atoms with E-state index in [1.54, 1.807) is 5.41 Å². The summed E-state index contributed by atoms with van der Waals surface area (Å²) in [5.41, 5.74) is 7.82. The Labute approximate surface area is 111 Å². The van der Waals surface area contributed by atoms with Gasteiger partial charge in [0.25, 0.3) is 0 Å². The second-order valence-electron chi connectivity index (χ2n) is 3.83. The lowest BCUT2D eigenvalue weighted by molar-refractivity contribution is 0.821. The van der Waals surface area contributed by atoms with E-state index in [9.17, 15) is 0 Å². The van der Waals surface area contributed by atoms with Gasteiger partial charge in [-0.25, -0.2) is 0 Å². The summed E-state index contributed by atoms with van der Waals surface area (Å²) in [6, 6.07) is 2.03. The molecule has 5 heteroatoms. The molecule has 0 aliphatic carbocycles. The Kier molecular flexibility index (Phi) is 3.62. The average Bonchev–Trinajstić information content (AvgIpc) is 2.72. The van der Waals surface area contributed by atoms with E-state index in [-0.39, 0.29) is 0 Å². The molecule has 0 radical (unpaired) electrons. The first-order valence-corrected chi connectivity index (χ1v) is 6.46. The standard InChI is InChI=1S/C13H16N4S/c1-4-11-10-6-7-17(8-9(3)18-5-2)12(10)16-13(14)15-11/h4-7H,2-3,8H2,1H3,(H3,14,15,16)/b11-4-.